The molecule has 5 aromatic rings. The van der Waals surface area contributed by atoms with Gasteiger partial charge in [0.05, 0.1) is 24.9 Å². The molecule has 224 valence electrons. The lowest BCUT2D eigenvalue weighted by Crippen LogP contribution is -2.32. The van der Waals surface area contributed by atoms with E-state index < -0.39 is 0 Å². The topological polar surface area (TPSA) is 88.7 Å². The summed E-state index contributed by atoms with van der Waals surface area (Å²) >= 11 is 0. The lowest BCUT2D eigenvalue weighted by atomic mass is 9.95. The van der Waals surface area contributed by atoms with E-state index in [2.05, 4.69) is 68.9 Å². The largest absolute Gasteiger partial charge is 0.497 e. The fourth-order valence-electron chi connectivity index (χ4n) is 5.42. The fraction of sp³-hybridized carbons (Fsp3) is 0.222. The van der Waals surface area contributed by atoms with Crippen LogP contribution in [0.4, 0.5) is 5.69 Å². The molecule has 6 rings (SSSR count). The van der Waals surface area contributed by atoms with Gasteiger partial charge in [-0.3, -0.25) is 14.8 Å². The van der Waals surface area contributed by atoms with E-state index in [0.29, 0.717) is 37.6 Å². The third-order valence-electron chi connectivity index (χ3n) is 7.78. The highest BCUT2D eigenvalue weighted by molar-refractivity contribution is 5.95. The van der Waals surface area contributed by atoms with Gasteiger partial charge >= 0.3 is 0 Å². The van der Waals surface area contributed by atoms with Gasteiger partial charge in [-0.1, -0.05) is 66.7 Å². The predicted molar refractivity (Wildman–Crippen MR) is 171 cm³/mol. The smallest absolute Gasteiger partial charge is 0.231 e. The molecule has 2 heterocycles. The van der Waals surface area contributed by atoms with Crippen molar-refractivity contribution in [3.8, 4) is 28.4 Å². The van der Waals surface area contributed by atoms with Gasteiger partial charge in [-0.05, 0) is 59.0 Å². The molecule has 1 aliphatic heterocycles. The van der Waals surface area contributed by atoms with Gasteiger partial charge in [0.1, 0.15) is 30.5 Å². The molecule has 0 fully saturated rings. The maximum atomic E-state index is 13.5. The number of hydrogen-bond acceptors (Lipinski definition) is 6. The molecule has 8 nitrogen and oxygen atoms in total. The van der Waals surface area contributed by atoms with E-state index in [4.69, 9.17) is 14.2 Å². The van der Waals surface area contributed by atoms with Crippen LogP contribution in [0.1, 0.15) is 16.7 Å². The second-order valence-corrected chi connectivity index (χ2v) is 10.9. The van der Waals surface area contributed by atoms with Gasteiger partial charge in [-0.2, -0.15) is 5.10 Å². The highest BCUT2D eigenvalue weighted by atomic mass is 16.5. The van der Waals surface area contributed by atoms with E-state index >= 15 is 0 Å². The molecule has 0 bridgehead atoms. The highest BCUT2D eigenvalue weighted by Gasteiger charge is 2.27. The zero-order valence-corrected chi connectivity index (χ0v) is 24.7. The zero-order chi connectivity index (χ0) is 30.1. The quantitative estimate of drug-likeness (QED) is 0.176. The van der Waals surface area contributed by atoms with E-state index in [1.54, 1.807) is 13.3 Å². The number of amides is 1. The Morgan fingerprint density at radius 2 is 1.70 bits per heavy atom. The van der Waals surface area contributed by atoms with Crippen LogP contribution >= 0.6 is 0 Å². The summed E-state index contributed by atoms with van der Waals surface area (Å²) in [6, 6.07) is 32.4. The molecule has 44 heavy (non-hydrogen) atoms. The number of aromatic nitrogens is 2. The van der Waals surface area contributed by atoms with Crippen molar-refractivity contribution in [2.45, 2.75) is 19.5 Å². The first kappa shape index (κ1) is 29.0. The van der Waals surface area contributed by atoms with Crippen LogP contribution in [0, 0.1) is 5.92 Å². The van der Waals surface area contributed by atoms with Gasteiger partial charge < -0.3 is 19.5 Å². The van der Waals surface area contributed by atoms with E-state index in [0.717, 1.165) is 41.3 Å². The standard InChI is InChI=1S/C36H36N4O4/c1-42-32-13-15-34-29(19-32)18-30(25-44-34)36(41)39-33-14-12-28(31-21-37-38-22-31)20-35(33)43-17-16-40(23-26-8-4-2-5-9-26)24-27-10-6-3-7-11-27/h2-15,19-22,30H,16-18,23-25H2,1H3,(H,37,38)(H,39,41). The molecule has 8 heteroatoms. The number of nitrogens with zero attached hydrogens (tertiary/aromatic N) is 2. The molecule has 1 aromatic heterocycles. The number of ether oxygens (including phenoxy) is 3. The van der Waals surface area contributed by atoms with Gasteiger partial charge in [0.15, 0.2) is 0 Å². The Morgan fingerprint density at radius 3 is 2.39 bits per heavy atom. The predicted octanol–water partition coefficient (Wildman–Crippen LogP) is 6.36. The SMILES string of the molecule is COc1ccc2c(c1)CC(C(=O)Nc1ccc(-c3cn[nH]c3)cc1OCCN(Cc1ccccc1)Cc1ccccc1)CO2. The summed E-state index contributed by atoms with van der Waals surface area (Å²) < 4.78 is 17.7. The molecule has 0 saturated carbocycles. The molecular formula is C36H36N4O4. The first-order valence-corrected chi connectivity index (χ1v) is 14.8. The van der Waals surface area contributed by atoms with Gasteiger partial charge in [0, 0.05) is 31.4 Å². The average molecular weight is 589 g/mol. The van der Waals surface area contributed by atoms with Crippen LogP contribution in [0.25, 0.3) is 11.1 Å². The Morgan fingerprint density at radius 1 is 0.955 bits per heavy atom. The summed E-state index contributed by atoms with van der Waals surface area (Å²) in [4.78, 5) is 15.9. The average Bonchev–Trinajstić information content (AvgIpc) is 3.61. The third kappa shape index (κ3) is 7.27. The number of anilines is 1. The van der Waals surface area contributed by atoms with E-state index in [9.17, 15) is 4.79 Å². The molecule has 2 N–H and O–H groups in total. The molecule has 1 amide bonds. The molecule has 1 aliphatic rings. The van der Waals surface area contributed by atoms with Crippen molar-refractivity contribution >= 4 is 11.6 Å². The number of H-pyrrole nitrogens is 1. The maximum Gasteiger partial charge on any atom is 0.231 e. The van der Waals surface area contributed by atoms with E-state index in [1.807, 2.05) is 54.7 Å². The molecule has 4 aromatic carbocycles. The molecular weight excluding hydrogens is 552 g/mol. The van der Waals surface area contributed by atoms with Gasteiger partial charge in [0.25, 0.3) is 0 Å². The lowest BCUT2D eigenvalue weighted by Gasteiger charge is -2.26. The minimum Gasteiger partial charge on any atom is -0.497 e. The summed E-state index contributed by atoms with van der Waals surface area (Å²) in [6.07, 6.45) is 4.17. The second-order valence-electron chi connectivity index (χ2n) is 10.9. The monoisotopic (exact) mass is 588 g/mol. The summed E-state index contributed by atoms with van der Waals surface area (Å²) in [6.45, 7) is 3.04. The van der Waals surface area contributed by atoms with Crippen LogP contribution in [-0.2, 0) is 24.3 Å². The number of carbonyl (C=O) groups is 1. The number of fused-ring (bicyclic) bond motifs is 1. The number of benzene rings is 4. The Kier molecular flexibility index (Phi) is 9.18. The summed E-state index contributed by atoms with van der Waals surface area (Å²) in [7, 11) is 1.63. The molecule has 1 unspecified atom stereocenters. The molecule has 0 saturated heterocycles. The van der Waals surface area contributed by atoms with Crippen molar-refractivity contribution < 1.29 is 19.0 Å². The van der Waals surface area contributed by atoms with Crippen molar-refractivity contribution in [1.29, 1.82) is 0 Å². The number of nitrogens with one attached hydrogen (secondary N) is 2. The van der Waals surface area contributed by atoms with Crippen molar-refractivity contribution in [3.63, 3.8) is 0 Å². The van der Waals surface area contributed by atoms with Crippen LogP contribution in [0.2, 0.25) is 0 Å². The minimum absolute atomic E-state index is 0.117. The summed E-state index contributed by atoms with van der Waals surface area (Å²) in [5.41, 5.74) is 5.95. The fourth-order valence-corrected chi connectivity index (χ4v) is 5.42. The summed E-state index contributed by atoms with van der Waals surface area (Å²) in [5, 5.41) is 10.1. The third-order valence-corrected chi connectivity index (χ3v) is 7.78. The molecule has 0 radical (unpaired) electrons. The van der Waals surface area contributed by atoms with Crippen LogP contribution < -0.4 is 19.5 Å². The Hall–Kier alpha value is -5.08. The Balaban J connectivity index is 1.17. The molecule has 0 aliphatic carbocycles. The van der Waals surface area contributed by atoms with Crippen molar-refractivity contribution in [2.24, 2.45) is 5.92 Å². The summed E-state index contributed by atoms with van der Waals surface area (Å²) in [5.74, 6) is 1.68. The van der Waals surface area contributed by atoms with Crippen LogP contribution in [0.3, 0.4) is 0 Å². The maximum absolute atomic E-state index is 13.5. The number of carbonyl (C=O) groups excluding carboxylic acids is 1. The Bertz CT molecular complexity index is 1620. The first-order valence-electron chi connectivity index (χ1n) is 14.8. The minimum atomic E-state index is -0.344. The van der Waals surface area contributed by atoms with Crippen LogP contribution in [-0.4, -0.2) is 47.9 Å². The van der Waals surface area contributed by atoms with Crippen molar-refractivity contribution in [3.05, 3.63) is 126 Å². The number of hydrogen-bond donors (Lipinski definition) is 2. The van der Waals surface area contributed by atoms with Gasteiger partial charge in [-0.25, -0.2) is 0 Å². The van der Waals surface area contributed by atoms with Crippen LogP contribution in [0.15, 0.2) is 109 Å². The van der Waals surface area contributed by atoms with Gasteiger partial charge in [-0.15, -0.1) is 0 Å². The van der Waals surface area contributed by atoms with Gasteiger partial charge in [0.2, 0.25) is 5.91 Å². The normalized spacial score (nSPS) is 14.0. The van der Waals surface area contributed by atoms with Crippen LogP contribution in [0.5, 0.6) is 17.2 Å². The molecule has 0 spiro atoms. The second kappa shape index (κ2) is 13.9. The number of aromatic amines is 1. The van der Waals surface area contributed by atoms with Crippen molar-refractivity contribution in [1.82, 2.24) is 15.1 Å². The number of methoxy groups -OCH3 is 1. The van der Waals surface area contributed by atoms with Crippen molar-refractivity contribution in [2.75, 3.05) is 32.2 Å². The van der Waals surface area contributed by atoms with E-state index in [1.165, 1.54) is 11.1 Å². The first-order chi connectivity index (χ1) is 21.6. The Labute approximate surface area is 257 Å². The molecule has 1 atom stereocenters. The zero-order valence-electron chi connectivity index (χ0n) is 24.7. The lowest BCUT2D eigenvalue weighted by molar-refractivity contribution is -0.121. The number of rotatable bonds is 12. The van der Waals surface area contributed by atoms with E-state index in [-0.39, 0.29) is 11.8 Å². The highest BCUT2D eigenvalue weighted by Crippen LogP contribution is 2.34.